The smallest absolute Gasteiger partial charge is 0.267 e. The van der Waals surface area contributed by atoms with Gasteiger partial charge in [-0.15, -0.1) is 0 Å². The number of halogens is 1. The van der Waals surface area contributed by atoms with E-state index in [4.69, 9.17) is 11.6 Å². The molecule has 0 heterocycles. The first-order valence-corrected chi connectivity index (χ1v) is 7.67. The molecule has 0 fully saturated rings. The predicted molar refractivity (Wildman–Crippen MR) is 91.6 cm³/mol. The highest BCUT2D eigenvalue weighted by molar-refractivity contribution is 6.30. The third kappa shape index (κ3) is 4.43. The minimum atomic E-state index is -0.274. The number of hydrogen-bond donors (Lipinski definition) is 1. The summed E-state index contributed by atoms with van der Waals surface area (Å²) in [5.41, 5.74) is 6.10. The molecular weight excluding hydrogens is 296 g/mol. The van der Waals surface area contributed by atoms with Crippen LogP contribution in [0.1, 0.15) is 41.8 Å². The van der Waals surface area contributed by atoms with Gasteiger partial charge in [0.1, 0.15) is 0 Å². The molecule has 22 heavy (non-hydrogen) atoms. The van der Waals surface area contributed by atoms with Crippen molar-refractivity contribution in [2.24, 2.45) is 5.10 Å². The summed E-state index contributed by atoms with van der Waals surface area (Å²) < 4.78 is 0. The van der Waals surface area contributed by atoms with Crippen LogP contribution in [0.4, 0.5) is 0 Å². The molecule has 3 nitrogen and oxygen atoms in total. The van der Waals surface area contributed by atoms with E-state index in [-0.39, 0.29) is 5.91 Å². The summed E-state index contributed by atoms with van der Waals surface area (Å²) in [5, 5.41) is 4.68. The second-order valence-corrected chi connectivity index (χ2v) is 5.53. The van der Waals surface area contributed by atoms with E-state index in [1.54, 1.807) is 24.3 Å². The average molecular weight is 315 g/mol. The molecule has 0 aromatic heterocycles. The fourth-order valence-corrected chi connectivity index (χ4v) is 2.29. The zero-order valence-corrected chi connectivity index (χ0v) is 13.5. The highest BCUT2D eigenvalue weighted by Crippen LogP contribution is 2.11. The molecule has 4 heteroatoms. The zero-order chi connectivity index (χ0) is 15.9. The van der Waals surface area contributed by atoms with Gasteiger partial charge in [0, 0.05) is 10.6 Å². The van der Waals surface area contributed by atoms with Crippen LogP contribution in [0, 0.1) is 0 Å². The fourth-order valence-electron chi connectivity index (χ4n) is 2.09. The fraction of sp³-hybridized carbons (Fsp3) is 0.222. The molecular formula is C18H19ClN2O. The number of amides is 1. The Kier molecular flexibility index (Phi) is 5.73. The van der Waals surface area contributed by atoms with Crippen LogP contribution in [0.3, 0.4) is 0 Å². The Morgan fingerprint density at radius 3 is 2.50 bits per heavy atom. The van der Waals surface area contributed by atoms with Gasteiger partial charge in [-0.2, -0.15) is 5.10 Å². The van der Waals surface area contributed by atoms with E-state index in [9.17, 15) is 4.79 Å². The van der Waals surface area contributed by atoms with Crippen molar-refractivity contribution in [2.45, 2.75) is 26.7 Å². The van der Waals surface area contributed by atoms with Crippen molar-refractivity contribution in [1.82, 2.24) is 5.43 Å². The molecule has 0 saturated carbocycles. The summed E-state index contributed by atoms with van der Waals surface area (Å²) in [5.74, 6) is -0.274. The normalized spacial score (nSPS) is 11.3. The highest BCUT2D eigenvalue weighted by atomic mass is 35.5. The van der Waals surface area contributed by atoms with Crippen molar-refractivity contribution < 1.29 is 4.79 Å². The van der Waals surface area contributed by atoms with Crippen LogP contribution >= 0.6 is 11.6 Å². The number of carbonyl (C=O) groups excluding carboxylic acids is 1. The molecule has 0 saturated heterocycles. The van der Waals surface area contributed by atoms with Crippen LogP contribution < -0.4 is 5.43 Å². The predicted octanol–water partition coefficient (Wildman–Crippen LogP) is 4.45. The summed E-state index contributed by atoms with van der Waals surface area (Å²) in [6.45, 7) is 4.03. The van der Waals surface area contributed by atoms with Gasteiger partial charge in [-0.1, -0.05) is 55.3 Å². The Bertz CT molecular complexity index is 678. The van der Waals surface area contributed by atoms with E-state index in [1.807, 2.05) is 19.1 Å². The molecule has 2 aromatic rings. The Balaban J connectivity index is 2.04. The monoisotopic (exact) mass is 314 g/mol. The second-order valence-electron chi connectivity index (χ2n) is 5.10. The van der Waals surface area contributed by atoms with Gasteiger partial charge in [0.25, 0.3) is 5.91 Å². The first kappa shape index (κ1) is 16.2. The Labute approximate surface area is 136 Å². The maximum absolute atomic E-state index is 12.0. The summed E-state index contributed by atoms with van der Waals surface area (Å²) in [6, 6.07) is 15.0. The van der Waals surface area contributed by atoms with Crippen molar-refractivity contribution in [3.8, 4) is 0 Å². The van der Waals surface area contributed by atoms with Crippen LogP contribution in [-0.2, 0) is 6.42 Å². The SMILES string of the molecule is CCCc1ccc(C(C)=NNC(=O)c2cccc(Cl)c2)cc1. The molecule has 0 unspecified atom stereocenters. The third-order valence-electron chi connectivity index (χ3n) is 3.32. The lowest BCUT2D eigenvalue weighted by Gasteiger charge is -2.05. The quantitative estimate of drug-likeness (QED) is 0.643. The van der Waals surface area contributed by atoms with Gasteiger partial charge in [0.05, 0.1) is 5.71 Å². The first-order chi connectivity index (χ1) is 10.6. The molecule has 0 atom stereocenters. The van der Waals surface area contributed by atoms with Crippen LogP contribution in [0.25, 0.3) is 0 Å². The van der Waals surface area contributed by atoms with Gasteiger partial charge in [0.2, 0.25) is 0 Å². The number of rotatable bonds is 5. The number of hydrazone groups is 1. The molecule has 0 aliphatic rings. The van der Waals surface area contributed by atoms with Crippen molar-refractivity contribution in [3.63, 3.8) is 0 Å². The lowest BCUT2D eigenvalue weighted by molar-refractivity contribution is 0.0955. The lowest BCUT2D eigenvalue weighted by atomic mass is 10.1. The topological polar surface area (TPSA) is 41.5 Å². The van der Waals surface area contributed by atoms with E-state index < -0.39 is 0 Å². The summed E-state index contributed by atoms with van der Waals surface area (Å²) in [4.78, 5) is 12.0. The number of hydrogen-bond acceptors (Lipinski definition) is 2. The Morgan fingerprint density at radius 1 is 1.14 bits per heavy atom. The molecule has 0 radical (unpaired) electrons. The molecule has 0 aliphatic carbocycles. The molecule has 2 aromatic carbocycles. The van der Waals surface area contributed by atoms with E-state index >= 15 is 0 Å². The van der Waals surface area contributed by atoms with Crippen LogP contribution in [-0.4, -0.2) is 11.6 Å². The largest absolute Gasteiger partial charge is 0.271 e. The number of benzene rings is 2. The van der Waals surface area contributed by atoms with Crippen LogP contribution in [0.5, 0.6) is 0 Å². The molecule has 1 amide bonds. The maximum atomic E-state index is 12.0. The van der Waals surface area contributed by atoms with Crippen molar-refractivity contribution in [1.29, 1.82) is 0 Å². The van der Waals surface area contributed by atoms with E-state index in [0.717, 1.165) is 24.1 Å². The summed E-state index contributed by atoms with van der Waals surface area (Å²) >= 11 is 5.87. The molecule has 0 bridgehead atoms. The average Bonchev–Trinajstić information content (AvgIpc) is 2.53. The van der Waals surface area contributed by atoms with Gasteiger partial charge in [-0.3, -0.25) is 4.79 Å². The molecule has 1 N–H and O–H groups in total. The Hall–Kier alpha value is -2.13. The minimum absolute atomic E-state index is 0.274. The maximum Gasteiger partial charge on any atom is 0.271 e. The zero-order valence-electron chi connectivity index (χ0n) is 12.8. The third-order valence-corrected chi connectivity index (χ3v) is 3.56. The van der Waals surface area contributed by atoms with Crippen LogP contribution in [0.15, 0.2) is 53.6 Å². The molecule has 0 spiro atoms. The number of aryl methyl sites for hydroxylation is 1. The highest BCUT2D eigenvalue weighted by Gasteiger charge is 2.05. The molecule has 114 valence electrons. The van der Waals surface area contributed by atoms with Gasteiger partial charge in [0.15, 0.2) is 0 Å². The number of nitrogens with zero attached hydrogens (tertiary/aromatic N) is 1. The van der Waals surface area contributed by atoms with Gasteiger partial charge in [-0.05, 0) is 42.7 Å². The summed E-state index contributed by atoms with van der Waals surface area (Å²) in [7, 11) is 0. The minimum Gasteiger partial charge on any atom is -0.267 e. The van der Waals surface area contributed by atoms with Crippen molar-refractivity contribution >= 4 is 23.2 Å². The van der Waals surface area contributed by atoms with E-state index in [0.29, 0.717) is 10.6 Å². The number of nitrogens with one attached hydrogen (secondary N) is 1. The van der Waals surface area contributed by atoms with E-state index in [2.05, 4.69) is 29.6 Å². The number of carbonyl (C=O) groups is 1. The molecule has 0 aliphatic heterocycles. The second kappa shape index (κ2) is 7.76. The first-order valence-electron chi connectivity index (χ1n) is 7.29. The van der Waals surface area contributed by atoms with Gasteiger partial charge in [-0.25, -0.2) is 5.43 Å². The summed E-state index contributed by atoms with van der Waals surface area (Å²) in [6.07, 6.45) is 2.20. The Morgan fingerprint density at radius 2 is 1.86 bits per heavy atom. The lowest BCUT2D eigenvalue weighted by Crippen LogP contribution is -2.19. The van der Waals surface area contributed by atoms with Crippen molar-refractivity contribution in [3.05, 3.63) is 70.2 Å². The standard InChI is InChI=1S/C18H19ClN2O/c1-3-5-14-8-10-15(11-9-14)13(2)20-21-18(22)16-6-4-7-17(19)12-16/h4,6-12H,3,5H2,1-2H3,(H,21,22). The van der Waals surface area contributed by atoms with Crippen molar-refractivity contribution in [2.75, 3.05) is 0 Å². The van der Waals surface area contributed by atoms with Gasteiger partial charge < -0.3 is 0 Å². The van der Waals surface area contributed by atoms with Gasteiger partial charge >= 0.3 is 0 Å². The molecule has 2 rings (SSSR count). The van der Waals surface area contributed by atoms with Crippen LogP contribution in [0.2, 0.25) is 5.02 Å². The van der Waals surface area contributed by atoms with E-state index in [1.165, 1.54) is 5.56 Å².